The van der Waals surface area contributed by atoms with Crippen LogP contribution < -0.4 is 9.47 Å². The predicted molar refractivity (Wildman–Crippen MR) is 74.6 cm³/mol. The molecule has 5 heteroatoms. The smallest absolute Gasteiger partial charge is 0.180 e. The van der Waals surface area contributed by atoms with Crippen LogP contribution in [0.1, 0.15) is 23.2 Å². The fraction of sp³-hybridized carbons (Fsp3) is 0.467. The lowest BCUT2D eigenvalue weighted by Crippen LogP contribution is -2.37. The van der Waals surface area contributed by atoms with E-state index >= 15 is 0 Å². The Morgan fingerprint density at radius 1 is 1.20 bits per heavy atom. The Bertz CT molecular complexity index is 503. The van der Waals surface area contributed by atoms with E-state index in [0.29, 0.717) is 49.5 Å². The van der Waals surface area contributed by atoms with Gasteiger partial charge in [-0.25, -0.2) is 0 Å². The lowest BCUT2D eigenvalue weighted by molar-refractivity contribution is -0.121. The first-order valence-electron chi connectivity index (χ1n) is 6.63. The van der Waals surface area contributed by atoms with Gasteiger partial charge in [-0.15, -0.1) is 0 Å². The molecule has 0 atom stereocenters. The van der Waals surface area contributed by atoms with Gasteiger partial charge in [0.1, 0.15) is 17.3 Å². The second-order valence-electron chi connectivity index (χ2n) is 4.80. The number of piperidine rings is 1. The van der Waals surface area contributed by atoms with Gasteiger partial charge in [0.2, 0.25) is 0 Å². The molecule has 1 aromatic rings. The lowest BCUT2D eigenvalue weighted by Gasteiger charge is -2.25. The second kappa shape index (κ2) is 6.52. The molecule has 0 aromatic heterocycles. The zero-order valence-corrected chi connectivity index (χ0v) is 11.8. The van der Waals surface area contributed by atoms with Gasteiger partial charge in [-0.1, -0.05) is 0 Å². The first-order valence-corrected chi connectivity index (χ1v) is 6.63. The Hall–Kier alpha value is -1.88. The van der Waals surface area contributed by atoms with Crippen LogP contribution in [0.25, 0.3) is 0 Å². The summed E-state index contributed by atoms with van der Waals surface area (Å²) in [4.78, 5) is 25.5. The highest BCUT2D eigenvalue weighted by molar-refractivity contribution is 6.00. The van der Waals surface area contributed by atoms with E-state index in [1.807, 2.05) is 4.90 Å². The second-order valence-corrected chi connectivity index (χ2v) is 4.80. The van der Waals surface area contributed by atoms with Crippen LogP contribution in [-0.2, 0) is 4.79 Å². The standard InChI is InChI=1S/C15H19NO4/c1-19-12-3-4-13(15(9-12)20-2)14(18)10-16-7-5-11(17)6-8-16/h3-4,9H,5-8,10H2,1-2H3. The van der Waals surface area contributed by atoms with E-state index in [1.54, 1.807) is 25.3 Å². The van der Waals surface area contributed by atoms with Crippen molar-refractivity contribution in [3.63, 3.8) is 0 Å². The van der Waals surface area contributed by atoms with E-state index in [4.69, 9.17) is 9.47 Å². The maximum Gasteiger partial charge on any atom is 0.180 e. The average molecular weight is 277 g/mol. The molecule has 1 fully saturated rings. The van der Waals surface area contributed by atoms with Crippen molar-refractivity contribution in [1.82, 2.24) is 4.90 Å². The number of hydrogen-bond acceptors (Lipinski definition) is 5. The summed E-state index contributed by atoms with van der Waals surface area (Å²) in [6.45, 7) is 1.63. The summed E-state index contributed by atoms with van der Waals surface area (Å²) in [5.74, 6) is 1.44. The van der Waals surface area contributed by atoms with Gasteiger partial charge in [0, 0.05) is 32.0 Å². The molecule has 0 aliphatic carbocycles. The summed E-state index contributed by atoms with van der Waals surface area (Å²) < 4.78 is 10.4. The number of Topliss-reactive ketones (excluding diaryl/α,β-unsaturated/α-hetero) is 2. The number of benzene rings is 1. The van der Waals surface area contributed by atoms with Crippen molar-refractivity contribution >= 4 is 11.6 Å². The molecule has 1 saturated heterocycles. The molecule has 20 heavy (non-hydrogen) atoms. The molecule has 1 aliphatic rings. The van der Waals surface area contributed by atoms with Crippen molar-refractivity contribution in [2.45, 2.75) is 12.8 Å². The molecule has 1 aromatic carbocycles. The zero-order valence-electron chi connectivity index (χ0n) is 11.8. The molecule has 0 radical (unpaired) electrons. The minimum Gasteiger partial charge on any atom is -0.497 e. The van der Waals surface area contributed by atoms with Crippen LogP contribution in [0.4, 0.5) is 0 Å². The summed E-state index contributed by atoms with van der Waals surface area (Å²) in [6, 6.07) is 5.16. The first kappa shape index (κ1) is 14.5. The molecule has 0 N–H and O–H groups in total. The maximum absolute atomic E-state index is 12.3. The van der Waals surface area contributed by atoms with E-state index in [9.17, 15) is 9.59 Å². The number of carbonyl (C=O) groups is 2. The van der Waals surface area contributed by atoms with Gasteiger partial charge in [-0.05, 0) is 12.1 Å². The molecule has 0 amide bonds. The third kappa shape index (κ3) is 3.36. The lowest BCUT2D eigenvalue weighted by atomic mass is 10.1. The molecule has 5 nitrogen and oxygen atoms in total. The van der Waals surface area contributed by atoms with Crippen molar-refractivity contribution in [2.24, 2.45) is 0 Å². The van der Waals surface area contributed by atoms with Crippen LogP contribution in [0.15, 0.2) is 18.2 Å². The SMILES string of the molecule is COc1ccc(C(=O)CN2CCC(=O)CC2)c(OC)c1. The number of hydrogen-bond donors (Lipinski definition) is 0. The fourth-order valence-electron chi connectivity index (χ4n) is 2.28. The highest BCUT2D eigenvalue weighted by atomic mass is 16.5. The Kier molecular flexibility index (Phi) is 4.74. The summed E-state index contributed by atoms with van der Waals surface area (Å²) in [5, 5.41) is 0. The van der Waals surface area contributed by atoms with Gasteiger partial charge in [0.05, 0.1) is 26.3 Å². The van der Waals surface area contributed by atoms with Crippen molar-refractivity contribution in [2.75, 3.05) is 33.9 Å². The molecular formula is C15H19NO4. The molecular weight excluding hydrogens is 258 g/mol. The maximum atomic E-state index is 12.3. The van der Waals surface area contributed by atoms with Crippen molar-refractivity contribution in [1.29, 1.82) is 0 Å². The number of likely N-dealkylation sites (tertiary alicyclic amines) is 1. The van der Waals surface area contributed by atoms with Gasteiger partial charge in [0.25, 0.3) is 0 Å². The number of ether oxygens (including phenoxy) is 2. The quantitative estimate of drug-likeness (QED) is 0.764. The molecule has 0 unspecified atom stereocenters. The first-order chi connectivity index (χ1) is 9.63. The van der Waals surface area contributed by atoms with Crippen molar-refractivity contribution < 1.29 is 19.1 Å². The predicted octanol–water partition coefficient (Wildman–Crippen LogP) is 1.55. The molecule has 2 rings (SSSR count). The molecule has 0 spiro atoms. The Morgan fingerprint density at radius 3 is 2.50 bits per heavy atom. The van der Waals surface area contributed by atoms with Crippen LogP contribution in [0.5, 0.6) is 11.5 Å². The Labute approximate surface area is 118 Å². The summed E-state index contributed by atoms with van der Waals surface area (Å²) in [5.41, 5.74) is 0.546. The van der Waals surface area contributed by atoms with Gasteiger partial charge in [-0.2, -0.15) is 0 Å². The van der Waals surface area contributed by atoms with E-state index < -0.39 is 0 Å². The number of nitrogens with zero attached hydrogens (tertiary/aromatic N) is 1. The van der Waals surface area contributed by atoms with Gasteiger partial charge in [0.15, 0.2) is 5.78 Å². The Morgan fingerprint density at radius 2 is 1.90 bits per heavy atom. The number of methoxy groups -OCH3 is 2. The van der Waals surface area contributed by atoms with E-state index in [2.05, 4.69) is 0 Å². The summed E-state index contributed by atoms with van der Waals surface area (Å²) in [7, 11) is 3.10. The largest absolute Gasteiger partial charge is 0.497 e. The van der Waals surface area contributed by atoms with Crippen LogP contribution in [0.2, 0.25) is 0 Å². The zero-order chi connectivity index (χ0) is 14.5. The van der Waals surface area contributed by atoms with Gasteiger partial charge in [-0.3, -0.25) is 14.5 Å². The Balaban J connectivity index is 2.07. The normalized spacial score (nSPS) is 16.0. The third-order valence-electron chi connectivity index (χ3n) is 3.49. The molecule has 1 heterocycles. The topological polar surface area (TPSA) is 55.8 Å². The highest BCUT2D eigenvalue weighted by Crippen LogP contribution is 2.25. The fourth-order valence-corrected chi connectivity index (χ4v) is 2.28. The molecule has 108 valence electrons. The molecule has 0 saturated carbocycles. The van der Waals surface area contributed by atoms with Gasteiger partial charge >= 0.3 is 0 Å². The van der Waals surface area contributed by atoms with Crippen molar-refractivity contribution in [3.05, 3.63) is 23.8 Å². The van der Waals surface area contributed by atoms with Crippen LogP contribution in [-0.4, -0.2) is 50.3 Å². The average Bonchev–Trinajstić information content (AvgIpc) is 2.48. The minimum absolute atomic E-state index is 0.00106. The minimum atomic E-state index is -0.00106. The van der Waals surface area contributed by atoms with Crippen LogP contribution in [0.3, 0.4) is 0 Å². The third-order valence-corrected chi connectivity index (χ3v) is 3.49. The number of ketones is 2. The van der Waals surface area contributed by atoms with E-state index in [0.717, 1.165) is 0 Å². The van der Waals surface area contributed by atoms with Crippen LogP contribution >= 0.6 is 0 Å². The summed E-state index contributed by atoms with van der Waals surface area (Å²) >= 11 is 0. The van der Waals surface area contributed by atoms with E-state index in [1.165, 1.54) is 7.11 Å². The monoisotopic (exact) mass is 277 g/mol. The van der Waals surface area contributed by atoms with E-state index in [-0.39, 0.29) is 11.6 Å². The number of rotatable bonds is 5. The number of carbonyl (C=O) groups excluding carboxylic acids is 2. The highest BCUT2D eigenvalue weighted by Gasteiger charge is 2.21. The van der Waals surface area contributed by atoms with Crippen LogP contribution in [0, 0.1) is 0 Å². The molecule has 1 aliphatic heterocycles. The summed E-state index contributed by atoms with van der Waals surface area (Å²) in [6.07, 6.45) is 1.07. The van der Waals surface area contributed by atoms with Crippen molar-refractivity contribution in [3.8, 4) is 11.5 Å². The van der Waals surface area contributed by atoms with Gasteiger partial charge < -0.3 is 9.47 Å². The molecule has 0 bridgehead atoms.